The number of para-hydroxylation sites is 2. The highest BCUT2D eigenvalue weighted by Gasteiger charge is 2.47. The maximum Gasteiger partial charge on any atom is 0.0714 e. The second-order valence-corrected chi connectivity index (χ2v) is 39.4. The van der Waals surface area contributed by atoms with Gasteiger partial charge in [0.15, 0.2) is 0 Å². The van der Waals surface area contributed by atoms with Crippen molar-refractivity contribution in [1.82, 2.24) is 9.13 Å². The highest BCUT2D eigenvalue weighted by molar-refractivity contribution is 7.27. The molecule has 0 amide bonds. The zero-order chi connectivity index (χ0) is 91.3. The molecule has 0 spiro atoms. The largest absolute Gasteiger partial charge is 0.310 e. The number of rotatable bonds is 14. The molecule has 648 valence electrons. The number of thiophene rings is 2. The lowest BCUT2D eigenvalue weighted by Gasteiger charge is -2.35. The summed E-state index contributed by atoms with van der Waals surface area (Å²) in [5.41, 5.74) is 35.9. The highest BCUT2D eigenvalue weighted by Crippen LogP contribution is 2.60. The van der Waals surface area contributed by atoms with E-state index in [1.165, 1.54) is 211 Å². The van der Waals surface area contributed by atoms with Crippen molar-refractivity contribution in [3.8, 4) is 78.1 Å². The Bertz CT molecular complexity index is 9330. The predicted octanol–water partition coefficient (Wildman–Crippen LogP) is 36.9. The van der Waals surface area contributed by atoms with E-state index in [0.29, 0.717) is 0 Å². The molecule has 6 heteroatoms. The van der Waals surface area contributed by atoms with Gasteiger partial charge in [-0.25, -0.2) is 0 Å². The van der Waals surface area contributed by atoms with Gasteiger partial charge in [0.05, 0.1) is 27.5 Å². The fourth-order valence-corrected chi connectivity index (χ4v) is 25.5. The van der Waals surface area contributed by atoms with Crippen LogP contribution in [0.3, 0.4) is 0 Å². The van der Waals surface area contributed by atoms with Crippen LogP contribution in [0.25, 0.3) is 184 Å². The van der Waals surface area contributed by atoms with Crippen molar-refractivity contribution in [2.75, 3.05) is 9.80 Å². The van der Waals surface area contributed by atoms with E-state index in [0.717, 1.165) is 39.8 Å². The van der Waals surface area contributed by atoms with Gasteiger partial charge in [-0.05, 0) is 244 Å². The van der Waals surface area contributed by atoms with Crippen LogP contribution >= 0.6 is 22.7 Å². The third-order valence-electron chi connectivity index (χ3n) is 29.4. The van der Waals surface area contributed by atoms with Crippen LogP contribution in [0.15, 0.2) is 497 Å². The number of aromatic nitrogens is 2. The van der Waals surface area contributed by atoms with E-state index in [-0.39, 0.29) is 5.41 Å². The summed E-state index contributed by atoms with van der Waals surface area (Å²) >= 11 is 3.80. The smallest absolute Gasteiger partial charge is 0.0714 e. The molecule has 138 heavy (non-hydrogen) atoms. The van der Waals surface area contributed by atoms with Gasteiger partial charge in [-0.2, -0.15) is 0 Å². The molecule has 0 N–H and O–H groups in total. The van der Waals surface area contributed by atoms with Crippen molar-refractivity contribution < 1.29 is 0 Å². The zero-order valence-corrected chi connectivity index (χ0v) is 77.6. The lowest BCUT2D eigenvalue weighted by molar-refractivity contribution is 0.660. The minimum Gasteiger partial charge on any atom is -0.310 e. The van der Waals surface area contributed by atoms with Crippen molar-refractivity contribution in [1.29, 1.82) is 0 Å². The van der Waals surface area contributed by atoms with E-state index >= 15 is 0 Å². The van der Waals surface area contributed by atoms with E-state index in [1.807, 2.05) is 22.7 Å². The third kappa shape index (κ3) is 12.9. The van der Waals surface area contributed by atoms with Gasteiger partial charge in [-0.1, -0.05) is 378 Å². The van der Waals surface area contributed by atoms with Gasteiger partial charge in [0.1, 0.15) is 0 Å². The summed E-state index contributed by atoms with van der Waals surface area (Å²) in [5.74, 6) is 0. The maximum atomic E-state index is 2.51. The molecule has 0 fully saturated rings. The molecule has 0 atom stereocenters. The summed E-state index contributed by atoms with van der Waals surface area (Å²) in [4.78, 5) is 4.92. The van der Waals surface area contributed by atoms with Crippen LogP contribution < -0.4 is 9.80 Å². The predicted molar refractivity (Wildman–Crippen MR) is 588 cm³/mol. The van der Waals surface area contributed by atoms with Gasteiger partial charge in [0.25, 0.3) is 0 Å². The molecule has 4 heterocycles. The van der Waals surface area contributed by atoms with Gasteiger partial charge >= 0.3 is 0 Å². The molecule has 26 aromatic rings. The van der Waals surface area contributed by atoms with Crippen LogP contribution in [0.5, 0.6) is 0 Å². The SMILES string of the molecule is CC1(C)c2ccccc2-c2ccc(N(c3ccc(-c4ccccc4)cc3)c3cccc(-c4cc5c6ccccc6n(-c6ccc7ccccc7c6)c5c5c4sc4ccccc45)c3)cc21.c1ccc(-c2ccc(N(c3cccc(-c4cc5c6ccccc6n(-c6ccc7ccccc7c6)c5c5c4sc4ccccc45)c3)c3ccc4c(c3)C(c3ccccc3)(c3ccccc3)c3ccccc3-4)cc2)cc1. The van der Waals surface area contributed by atoms with Gasteiger partial charge in [0.2, 0.25) is 0 Å². The quantitative estimate of drug-likeness (QED) is 0.108. The molecular formula is C132H88N4S2. The van der Waals surface area contributed by atoms with Crippen LogP contribution in [0.2, 0.25) is 0 Å². The molecule has 0 bridgehead atoms. The molecule has 2 aliphatic rings. The van der Waals surface area contributed by atoms with Crippen LogP contribution in [-0.4, -0.2) is 9.13 Å². The van der Waals surface area contributed by atoms with Crippen molar-refractivity contribution in [3.63, 3.8) is 0 Å². The van der Waals surface area contributed by atoms with Crippen molar-refractivity contribution in [2.45, 2.75) is 24.7 Å². The zero-order valence-electron chi connectivity index (χ0n) is 75.9. The Hall–Kier alpha value is -17.0. The van der Waals surface area contributed by atoms with Crippen LogP contribution in [0, 0.1) is 0 Å². The average Bonchev–Trinajstić information content (AvgIpc) is 1.54. The van der Waals surface area contributed by atoms with E-state index in [4.69, 9.17) is 0 Å². The Morgan fingerprint density at radius 1 is 0.210 bits per heavy atom. The Balaban J connectivity index is 0.000000141. The van der Waals surface area contributed by atoms with E-state index < -0.39 is 5.41 Å². The molecule has 4 aromatic heterocycles. The minimum atomic E-state index is -0.538. The van der Waals surface area contributed by atoms with Crippen molar-refractivity contribution in [2.24, 2.45) is 0 Å². The molecule has 0 unspecified atom stereocenters. The summed E-state index contributed by atoms with van der Waals surface area (Å²) < 4.78 is 10.2. The molecule has 28 rings (SSSR count). The Labute approximate surface area is 808 Å². The fraction of sp³-hybridized carbons (Fsp3) is 0.0303. The number of nitrogens with zero attached hydrogens (tertiary/aromatic N) is 4. The van der Waals surface area contributed by atoms with Crippen molar-refractivity contribution >= 4 is 162 Å². The molecule has 0 aliphatic heterocycles. The topological polar surface area (TPSA) is 16.3 Å². The summed E-state index contributed by atoms with van der Waals surface area (Å²) in [7, 11) is 0. The van der Waals surface area contributed by atoms with Gasteiger partial charge < -0.3 is 18.9 Å². The Morgan fingerprint density at radius 3 is 1.04 bits per heavy atom. The Kier molecular flexibility index (Phi) is 18.9. The van der Waals surface area contributed by atoms with E-state index in [9.17, 15) is 0 Å². The molecule has 0 radical (unpaired) electrons. The van der Waals surface area contributed by atoms with Crippen LogP contribution in [0.1, 0.15) is 47.2 Å². The average molecular weight is 1790 g/mol. The normalized spacial score (nSPS) is 12.8. The van der Waals surface area contributed by atoms with Gasteiger partial charge in [-0.3, -0.25) is 0 Å². The lowest BCUT2D eigenvalue weighted by atomic mass is 9.67. The summed E-state index contributed by atoms with van der Waals surface area (Å²) in [6, 6.07) is 184. The number of hydrogen-bond donors (Lipinski definition) is 0. The van der Waals surface area contributed by atoms with Crippen LogP contribution in [-0.2, 0) is 10.8 Å². The maximum absolute atomic E-state index is 2.51. The summed E-state index contributed by atoms with van der Waals surface area (Å²) in [6.07, 6.45) is 0. The van der Waals surface area contributed by atoms with Crippen LogP contribution in [0.4, 0.5) is 34.1 Å². The summed E-state index contributed by atoms with van der Waals surface area (Å²) in [5, 5.41) is 15.1. The highest BCUT2D eigenvalue weighted by atomic mass is 32.1. The molecule has 0 saturated carbocycles. The number of anilines is 6. The lowest BCUT2D eigenvalue weighted by Crippen LogP contribution is -2.28. The molecule has 22 aromatic carbocycles. The minimum absolute atomic E-state index is 0.124. The standard InChI is InChI=1S/C71H46N2S.C61H42N2S/c1-4-19-47(20-5-1)49-35-38-54(39-36-49)72(57-41-42-59-58-29-12-15-32-64(58)71(65(59)45-57,52-24-6-2-7-25-52)53-26-8-3-9-27-53)55-28-18-23-51(44-55)62-46-63-60-30-13-16-33-66(60)73(56-40-37-48-21-10-11-22-50(48)43-56)69(63)68-61-31-14-17-34-67(61)74-70(62)68;1-61(2)54-24-11-8-21-48(54)49-34-33-47(37-55(49)61)62(44-30-27-41(28-31-44)39-15-4-3-5-16-39)45-20-14-19-43(36-45)52-38-53-50-22-9-12-25-56(50)63(46-32-29-40-17-6-7-18-42(40)35-46)59(53)58-51-23-10-13-26-57(51)64-60(52)58/h1-46H;3-38H,1-2H3. The second-order valence-electron chi connectivity index (χ2n) is 37.3. The van der Waals surface area contributed by atoms with E-state index in [2.05, 4.69) is 530 Å². The van der Waals surface area contributed by atoms with Gasteiger partial charge in [0, 0.05) is 124 Å². The first-order valence-electron chi connectivity index (χ1n) is 47.7. The molecular weight excluding hydrogens is 1710 g/mol. The number of fused-ring (bicyclic) bond motifs is 22. The third-order valence-corrected chi connectivity index (χ3v) is 31.8. The summed E-state index contributed by atoms with van der Waals surface area (Å²) in [6.45, 7) is 4.73. The first-order valence-corrected chi connectivity index (χ1v) is 49.3. The number of benzene rings is 22. The van der Waals surface area contributed by atoms with E-state index in [1.54, 1.807) is 0 Å². The van der Waals surface area contributed by atoms with Crippen molar-refractivity contribution in [3.05, 3.63) is 531 Å². The monoisotopic (exact) mass is 1790 g/mol. The first-order chi connectivity index (χ1) is 68.2. The molecule has 4 nitrogen and oxygen atoms in total. The molecule has 2 aliphatic carbocycles. The second kappa shape index (κ2) is 32.4. The first kappa shape index (κ1) is 80.6. The Morgan fingerprint density at radius 2 is 0.558 bits per heavy atom. The van der Waals surface area contributed by atoms with Gasteiger partial charge in [-0.15, -0.1) is 22.7 Å². The fourth-order valence-electron chi connectivity index (χ4n) is 23.1. The number of hydrogen-bond acceptors (Lipinski definition) is 4. The molecule has 0 saturated heterocycles.